The van der Waals surface area contributed by atoms with E-state index in [-0.39, 0.29) is 25.5 Å². The van der Waals surface area contributed by atoms with Gasteiger partial charge in [-0.3, -0.25) is 9.59 Å². The topological polar surface area (TPSA) is 190 Å². The Kier molecular flexibility index (Phi) is 13.4. The van der Waals surface area contributed by atoms with Gasteiger partial charge in [-0.25, -0.2) is 14.4 Å². The van der Waals surface area contributed by atoms with Crippen LogP contribution in [-0.4, -0.2) is 55.8 Å². The first-order valence-corrected chi connectivity index (χ1v) is 13.1. The van der Waals surface area contributed by atoms with Crippen molar-refractivity contribution in [1.82, 2.24) is 21.3 Å². The average Bonchev–Trinajstić information content (AvgIpc) is 2.95. The van der Waals surface area contributed by atoms with Gasteiger partial charge in [0, 0.05) is 18.8 Å². The van der Waals surface area contributed by atoms with E-state index in [4.69, 9.17) is 10.5 Å². The molecule has 0 aliphatic rings. The van der Waals surface area contributed by atoms with E-state index in [0.717, 1.165) is 5.56 Å². The largest absolute Gasteiger partial charge is 0.453 e. The van der Waals surface area contributed by atoms with Crippen LogP contribution >= 0.6 is 0 Å². The van der Waals surface area contributed by atoms with Gasteiger partial charge in [0.2, 0.25) is 11.8 Å². The molecule has 0 radical (unpaired) electrons. The number of anilines is 1. The molecule has 0 saturated carbocycles. The quantitative estimate of drug-likeness (QED) is 0.188. The second-order valence-corrected chi connectivity index (χ2v) is 9.45. The van der Waals surface area contributed by atoms with Gasteiger partial charge in [0.1, 0.15) is 18.7 Å². The number of ether oxygens (including phenoxy) is 2. The molecule has 0 aliphatic carbocycles. The van der Waals surface area contributed by atoms with E-state index < -0.39 is 42.1 Å². The molecule has 2 rings (SSSR count). The number of benzene rings is 2. The molecule has 0 spiro atoms. The molecule has 2 atom stereocenters. The van der Waals surface area contributed by atoms with Crippen LogP contribution in [-0.2, 0) is 32.2 Å². The summed E-state index contributed by atoms with van der Waals surface area (Å²) in [5.74, 6) is -1.35. The van der Waals surface area contributed by atoms with Crippen LogP contribution in [0.3, 0.4) is 0 Å². The van der Waals surface area contributed by atoms with Crippen LogP contribution in [0.4, 0.5) is 20.1 Å². The Morgan fingerprint density at radius 3 is 2.12 bits per heavy atom. The number of urea groups is 1. The molecular formula is C28H38N6O7. The molecule has 0 saturated heterocycles. The standard InChI is InChI=1S/C28H38N6O7/c1-18(2)23(34-28(39)40-3)25(36)33-22(10-7-15-30-26(29)37)24(35)32-21-13-11-20(12-14-21)17-41-27(38)31-16-19-8-5-4-6-9-19/h4-6,8-9,11-14,18,22-23H,7,10,15-17H2,1-3H3,(H,31,38)(H,32,35)(H,33,36)(H,34,39)(H3,29,30,37)/t22-,23-/m0/s1. The predicted octanol–water partition coefficient (Wildman–Crippen LogP) is 2.37. The number of methoxy groups -OCH3 is 1. The van der Waals surface area contributed by atoms with Gasteiger partial charge in [-0.2, -0.15) is 0 Å². The van der Waals surface area contributed by atoms with Crippen LogP contribution in [0.2, 0.25) is 0 Å². The predicted molar refractivity (Wildman–Crippen MR) is 151 cm³/mol. The van der Waals surface area contributed by atoms with Crippen molar-refractivity contribution in [2.24, 2.45) is 11.7 Å². The van der Waals surface area contributed by atoms with Crippen molar-refractivity contribution < 1.29 is 33.4 Å². The lowest BCUT2D eigenvalue weighted by Crippen LogP contribution is -2.54. The van der Waals surface area contributed by atoms with Crippen molar-refractivity contribution in [3.05, 3.63) is 65.7 Å². The number of hydrogen-bond acceptors (Lipinski definition) is 7. The Morgan fingerprint density at radius 1 is 0.829 bits per heavy atom. The van der Waals surface area contributed by atoms with Crippen LogP contribution in [0.25, 0.3) is 0 Å². The van der Waals surface area contributed by atoms with Crippen molar-refractivity contribution >= 4 is 35.7 Å². The van der Waals surface area contributed by atoms with Gasteiger partial charge in [0.05, 0.1) is 7.11 Å². The van der Waals surface area contributed by atoms with E-state index in [9.17, 15) is 24.0 Å². The lowest BCUT2D eigenvalue weighted by molar-refractivity contribution is -0.128. The first-order chi connectivity index (χ1) is 19.6. The highest BCUT2D eigenvalue weighted by molar-refractivity contribution is 5.98. The highest BCUT2D eigenvalue weighted by Crippen LogP contribution is 2.13. The zero-order valence-corrected chi connectivity index (χ0v) is 23.4. The minimum Gasteiger partial charge on any atom is -0.453 e. The van der Waals surface area contributed by atoms with Crippen LogP contribution in [0.5, 0.6) is 0 Å². The maximum Gasteiger partial charge on any atom is 0.407 e. The number of carbonyl (C=O) groups excluding carboxylic acids is 5. The third kappa shape index (κ3) is 12.3. The van der Waals surface area contributed by atoms with Crippen molar-refractivity contribution in [3.63, 3.8) is 0 Å². The molecule has 0 heterocycles. The molecule has 13 heteroatoms. The number of nitrogens with one attached hydrogen (secondary N) is 5. The average molecular weight is 571 g/mol. The first-order valence-electron chi connectivity index (χ1n) is 13.1. The minimum absolute atomic E-state index is 0.0319. The number of hydrogen-bond donors (Lipinski definition) is 6. The smallest absolute Gasteiger partial charge is 0.407 e. The third-order valence-corrected chi connectivity index (χ3v) is 5.88. The monoisotopic (exact) mass is 570 g/mol. The molecular weight excluding hydrogens is 532 g/mol. The summed E-state index contributed by atoms with van der Waals surface area (Å²) in [7, 11) is 1.19. The van der Waals surface area contributed by atoms with Crippen LogP contribution in [0, 0.1) is 5.92 Å². The zero-order valence-electron chi connectivity index (χ0n) is 23.4. The number of carbonyl (C=O) groups is 5. The summed E-state index contributed by atoms with van der Waals surface area (Å²) in [5.41, 5.74) is 7.19. The maximum atomic E-state index is 13.1. The van der Waals surface area contributed by atoms with Crippen molar-refractivity contribution in [1.29, 1.82) is 0 Å². The summed E-state index contributed by atoms with van der Waals surface area (Å²) >= 11 is 0. The summed E-state index contributed by atoms with van der Waals surface area (Å²) in [5, 5.41) is 13.0. The number of alkyl carbamates (subject to hydrolysis) is 2. The summed E-state index contributed by atoms with van der Waals surface area (Å²) in [6.45, 7) is 4.06. The van der Waals surface area contributed by atoms with Gasteiger partial charge in [-0.1, -0.05) is 56.3 Å². The summed E-state index contributed by atoms with van der Waals surface area (Å²) < 4.78 is 9.83. The fraction of sp³-hybridized carbons (Fsp3) is 0.393. The number of amides is 6. The zero-order chi connectivity index (χ0) is 30.2. The summed E-state index contributed by atoms with van der Waals surface area (Å²) in [6, 6.07) is 13.5. The van der Waals surface area contributed by atoms with E-state index in [1.165, 1.54) is 7.11 Å². The summed E-state index contributed by atoms with van der Waals surface area (Å²) in [4.78, 5) is 60.7. The number of primary amides is 1. The Bertz CT molecular complexity index is 1160. The van der Waals surface area contributed by atoms with Gasteiger partial charge >= 0.3 is 18.2 Å². The van der Waals surface area contributed by atoms with Crippen LogP contribution in [0.1, 0.15) is 37.8 Å². The molecule has 41 heavy (non-hydrogen) atoms. The SMILES string of the molecule is COC(=O)N[C@H](C(=O)N[C@@H](CCCNC(N)=O)C(=O)Nc1ccc(COC(=O)NCc2ccccc2)cc1)C(C)C. The van der Waals surface area contributed by atoms with Crippen LogP contribution in [0.15, 0.2) is 54.6 Å². The Morgan fingerprint density at radius 2 is 1.51 bits per heavy atom. The molecule has 0 unspecified atom stereocenters. The second-order valence-electron chi connectivity index (χ2n) is 9.45. The molecule has 0 aliphatic heterocycles. The highest BCUT2D eigenvalue weighted by atomic mass is 16.5. The molecule has 0 fully saturated rings. The number of rotatable bonds is 14. The molecule has 0 aromatic heterocycles. The van der Waals surface area contributed by atoms with E-state index >= 15 is 0 Å². The molecule has 13 nitrogen and oxygen atoms in total. The Hall–Kier alpha value is -4.81. The minimum atomic E-state index is -0.978. The highest BCUT2D eigenvalue weighted by Gasteiger charge is 2.29. The van der Waals surface area contributed by atoms with E-state index in [2.05, 4.69) is 31.3 Å². The maximum absolute atomic E-state index is 13.1. The molecule has 2 aromatic rings. The van der Waals surface area contributed by atoms with Gasteiger partial charge in [-0.15, -0.1) is 0 Å². The van der Waals surface area contributed by atoms with Crippen LogP contribution < -0.4 is 32.3 Å². The second kappa shape index (κ2) is 17.0. The van der Waals surface area contributed by atoms with Gasteiger partial charge in [0.25, 0.3) is 0 Å². The third-order valence-electron chi connectivity index (χ3n) is 5.88. The molecule has 6 amide bonds. The van der Waals surface area contributed by atoms with E-state index in [0.29, 0.717) is 24.2 Å². The fourth-order valence-electron chi connectivity index (χ4n) is 3.65. The van der Waals surface area contributed by atoms with Crippen molar-refractivity contribution in [2.45, 2.75) is 51.9 Å². The fourth-order valence-corrected chi connectivity index (χ4v) is 3.65. The molecule has 222 valence electrons. The number of nitrogens with two attached hydrogens (primary N) is 1. The van der Waals surface area contributed by atoms with E-state index in [1.54, 1.807) is 38.1 Å². The van der Waals surface area contributed by atoms with Crippen molar-refractivity contribution in [2.75, 3.05) is 19.0 Å². The molecule has 0 bridgehead atoms. The lowest BCUT2D eigenvalue weighted by Gasteiger charge is -2.25. The van der Waals surface area contributed by atoms with E-state index in [1.807, 2.05) is 30.3 Å². The Balaban J connectivity index is 1.96. The van der Waals surface area contributed by atoms with Gasteiger partial charge < -0.3 is 41.8 Å². The normalized spacial score (nSPS) is 11.9. The van der Waals surface area contributed by atoms with Gasteiger partial charge in [0.15, 0.2) is 0 Å². The summed E-state index contributed by atoms with van der Waals surface area (Å²) in [6.07, 6.45) is -0.800. The lowest BCUT2D eigenvalue weighted by atomic mass is 10.0. The van der Waals surface area contributed by atoms with Crippen molar-refractivity contribution in [3.8, 4) is 0 Å². The first kappa shape index (κ1) is 32.4. The molecule has 2 aromatic carbocycles. The Labute approximate surface area is 238 Å². The van der Waals surface area contributed by atoms with Gasteiger partial charge in [-0.05, 0) is 42.0 Å². The molecule has 7 N–H and O–H groups in total.